The van der Waals surface area contributed by atoms with Gasteiger partial charge in [0.05, 0.1) is 31.5 Å². The van der Waals surface area contributed by atoms with Gasteiger partial charge in [-0.2, -0.15) is 0 Å². The van der Waals surface area contributed by atoms with Crippen LogP contribution in [0, 0.1) is 5.92 Å². The van der Waals surface area contributed by atoms with Gasteiger partial charge in [-0.05, 0) is 30.2 Å². The van der Waals surface area contributed by atoms with Crippen LogP contribution in [-0.2, 0) is 28.9 Å². The Morgan fingerprint density at radius 3 is 2.65 bits per heavy atom. The fraction of sp³-hybridized carbons (Fsp3) is 0.375. The van der Waals surface area contributed by atoms with Crippen molar-refractivity contribution < 1.29 is 14.6 Å². The lowest BCUT2D eigenvalue weighted by Gasteiger charge is -2.23. The number of methoxy groups -OCH3 is 1. The second kappa shape index (κ2) is 11.1. The molecule has 0 spiro atoms. The fourth-order valence-corrected chi connectivity index (χ4v) is 3.80. The van der Waals surface area contributed by atoms with E-state index in [1.165, 1.54) is 7.11 Å². The summed E-state index contributed by atoms with van der Waals surface area (Å²) in [7, 11) is 1.33. The number of hydrogen-bond acceptors (Lipinski definition) is 5. The van der Waals surface area contributed by atoms with E-state index >= 15 is 0 Å². The summed E-state index contributed by atoms with van der Waals surface area (Å²) >= 11 is 6.39. The number of pyridine rings is 1. The molecule has 2 heterocycles. The molecule has 0 saturated carbocycles. The average Bonchev–Trinajstić information content (AvgIpc) is 3.19. The number of imidazole rings is 1. The van der Waals surface area contributed by atoms with E-state index in [0.717, 1.165) is 30.7 Å². The van der Waals surface area contributed by atoms with E-state index in [0.29, 0.717) is 23.0 Å². The number of aromatic nitrogens is 3. The molecule has 7 heteroatoms. The molecule has 2 aromatic heterocycles. The number of hydrogen-bond donors (Lipinski definition) is 1. The SMILES string of the molecule is CCCCc1ncc(C(O)C(Cc2ccccn2)C(=O)OC)n1Cc1ccccc1Cl. The highest BCUT2D eigenvalue weighted by Gasteiger charge is 2.32. The molecular formula is C24H28ClN3O3. The minimum Gasteiger partial charge on any atom is -0.469 e. The first-order chi connectivity index (χ1) is 15.0. The number of ether oxygens (including phenoxy) is 1. The Balaban J connectivity index is 1.97. The highest BCUT2D eigenvalue weighted by Crippen LogP contribution is 2.29. The smallest absolute Gasteiger partial charge is 0.312 e. The standard InChI is InChI=1S/C24H28ClN3O3/c1-3-4-12-22-27-15-21(28(22)16-17-9-5-6-11-20(17)25)23(29)19(24(30)31-2)14-18-10-7-8-13-26-18/h5-11,13,15,19,23,29H,3-4,12,14,16H2,1-2H3. The predicted molar refractivity (Wildman–Crippen MR) is 120 cm³/mol. The van der Waals surface area contributed by atoms with E-state index in [2.05, 4.69) is 16.9 Å². The number of carbonyl (C=O) groups excluding carboxylic acids is 1. The molecule has 2 unspecified atom stereocenters. The van der Waals surface area contributed by atoms with Crippen LogP contribution in [0.4, 0.5) is 0 Å². The van der Waals surface area contributed by atoms with Gasteiger partial charge in [-0.1, -0.05) is 49.2 Å². The Hall–Kier alpha value is -2.70. The Bertz CT molecular complexity index is 991. The number of aliphatic hydroxyl groups is 1. The predicted octanol–water partition coefficient (Wildman–Crippen LogP) is 4.39. The molecule has 0 saturated heterocycles. The van der Waals surface area contributed by atoms with Crippen LogP contribution in [0.3, 0.4) is 0 Å². The van der Waals surface area contributed by atoms with Crippen molar-refractivity contribution in [3.05, 3.63) is 82.7 Å². The summed E-state index contributed by atoms with van der Waals surface area (Å²) in [6.45, 7) is 2.58. The zero-order valence-corrected chi connectivity index (χ0v) is 18.6. The number of halogens is 1. The van der Waals surface area contributed by atoms with Gasteiger partial charge < -0.3 is 14.4 Å². The lowest BCUT2D eigenvalue weighted by molar-refractivity contribution is -0.149. The number of unbranched alkanes of at least 4 members (excludes halogenated alkanes) is 1. The third-order valence-electron chi connectivity index (χ3n) is 5.35. The molecule has 3 aromatic rings. The van der Waals surface area contributed by atoms with Crippen molar-refractivity contribution in [1.82, 2.24) is 14.5 Å². The molecule has 0 aliphatic carbocycles. The Kier molecular flexibility index (Phi) is 8.20. The number of benzene rings is 1. The van der Waals surface area contributed by atoms with Crippen LogP contribution in [0.1, 0.15) is 48.6 Å². The highest BCUT2D eigenvalue weighted by atomic mass is 35.5. The summed E-state index contributed by atoms with van der Waals surface area (Å²) < 4.78 is 6.97. The second-order valence-corrected chi connectivity index (χ2v) is 7.89. The van der Waals surface area contributed by atoms with Crippen molar-refractivity contribution >= 4 is 17.6 Å². The maximum Gasteiger partial charge on any atom is 0.312 e. The third kappa shape index (κ3) is 5.71. The zero-order valence-electron chi connectivity index (χ0n) is 17.9. The van der Waals surface area contributed by atoms with Gasteiger partial charge in [0, 0.05) is 29.8 Å². The minimum atomic E-state index is -1.10. The van der Waals surface area contributed by atoms with Crippen LogP contribution in [0.15, 0.2) is 54.9 Å². The molecule has 2 atom stereocenters. The van der Waals surface area contributed by atoms with E-state index in [1.54, 1.807) is 12.4 Å². The van der Waals surface area contributed by atoms with Gasteiger partial charge in [-0.15, -0.1) is 0 Å². The molecular weight excluding hydrogens is 414 g/mol. The number of rotatable bonds is 10. The molecule has 6 nitrogen and oxygen atoms in total. The first-order valence-corrected chi connectivity index (χ1v) is 10.9. The Labute approximate surface area is 187 Å². The van der Waals surface area contributed by atoms with Crippen molar-refractivity contribution in [3.8, 4) is 0 Å². The van der Waals surface area contributed by atoms with E-state index in [-0.39, 0.29) is 6.42 Å². The first kappa shape index (κ1) is 23.0. The van der Waals surface area contributed by atoms with E-state index in [9.17, 15) is 9.90 Å². The Morgan fingerprint density at radius 2 is 1.97 bits per heavy atom. The second-order valence-electron chi connectivity index (χ2n) is 7.48. The summed E-state index contributed by atoms with van der Waals surface area (Å²) in [6.07, 6.45) is 5.26. The summed E-state index contributed by atoms with van der Waals surface area (Å²) in [6, 6.07) is 13.1. The summed E-state index contributed by atoms with van der Waals surface area (Å²) in [5.74, 6) is -0.434. The van der Waals surface area contributed by atoms with Crippen LogP contribution in [0.25, 0.3) is 0 Å². The highest BCUT2D eigenvalue weighted by molar-refractivity contribution is 6.31. The molecule has 3 rings (SSSR count). The first-order valence-electron chi connectivity index (χ1n) is 10.5. The van der Waals surface area contributed by atoms with Crippen LogP contribution in [-0.4, -0.2) is 32.7 Å². The van der Waals surface area contributed by atoms with Crippen molar-refractivity contribution in [2.45, 2.75) is 45.3 Å². The number of nitrogens with zero attached hydrogens (tertiary/aromatic N) is 3. The average molecular weight is 442 g/mol. The normalized spacial score (nSPS) is 13.0. The lowest BCUT2D eigenvalue weighted by Crippen LogP contribution is -2.28. The van der Waals surface area contributed by atoms with Crippen molar-refractivity contribution in [2.75, 3.05) is 7.11 Å². The van der Waals surface area contributed by atoms with Gasteiger partial charge in [0.2, 0.25) is 0 Å². The number of carbonyl (C=O) groups is 1. The maximum atomic E-state index is 12.6. The maximum absolute atomic E-state index is 12.6. The summed E-state index contributed by atoms with van der Waals surface area (Å²) in [5, 5.41) is 11.9. The Morgan fingerprint density at radius 1 is 1.19 bits per heavy atom. The molecule has 0 bridgehead atoms. The largest absolute Gasteiger partial charge is 0.469 e. The molecule has 0 fully saturated rings. The number of aryl methyl sites for hydroxylation is 1. The summed E-state index contributed by atoms with van der Waals surface area (Å²) in [4.78, 5) is 21.4. The van der Waals surface area contributed by atoms with Gasteiger partial charge in [-0.3, -0.25) is 9.78 Å². The van der Waals surface area contributed by atoms with Gasteiger partial charge >= 0.3 is 5.97 Å². The van der Waals surface area contributed by atoms with Crippen LogP contribution >= 0.6 is 11.6 Å². The van der Waals surface area contributed by atoms with Crippen LogP contribution in [0.2, 0.25) is 5.02 Å². The van der Waals surface area contributed by atoms with Gasteiger partial charge in [-0.25, -0.2) is 4.98 Å². The number of aliphatic hydroxyl groups excluding tert-OH is 1. The molecule has 164 valence electrons. The van der Waals surface area contributed by atoms with E-state index in [4.69, 9.17) is 16.3 Å². The van der Waals surface area contributed by atoms with Crippen LogP contribution < -0.4 is 0 Å². The third-order valence-corrected chi connectivity index (χ3v) is 5.72. The number of esters is 1. The van der Waals surface area contributed by atoms with Crippen molar-refractivity contribution in [1.29, 1.82) is 0 Å². The van der Waals surface area contributed by atoms with Crippen LogP contribution in [0.5, 0.6) is 0 Å². The lowest BCUT2D eigenvalue weighted by atomic mass is 9.94. The van der Waals surface area contributed by atoms with E-state index in [1.807, 2.05) is 47.0 Å². The molecule has 0 aliphatic heterocycles. The quantitative estimate of drug-likeness (QED) is 0.472. The minimum absolute atomic E-state index is 0.260. The van der Waals surface area contributed by atoms with Gasteiger partial charge in [0.15, 0.2) is 0 Å². The molecule has 31 heavy (non-hydrogen) atoms. The molecule has 1 aromatic carbocycles. The zero-order chi connectivity index (χ0) is 22.2. The van der Waals surface area contributed by atoms with Gasteiger partial charge in [0.25, 0.3) is 0 Å². The topological polar surface area (TPSA) is 77.2 Å². The molecule has 1 N–H and O–H groups in total. The van der Waals surface area contributed by atoms with Crippen molar-refractivity contribution in [3.63, 3.8) is 0 Å². The van der Waals surface area contributed by atoms with Gasteiger partial charge in [0.1, 0.15) is 11.9 Å². The van der Waals surface area contributed by atoms with Crippen molar-refractivity contribution in [2.24, 2.45) is 5.92 Å². The molecule has 0 radical (unpaired) electrons. The molecule has 0 aliphatic rings. The fourth-order valence-electron chi connectivity index (χ4n) is 3.60. The summed E-state index contributed by atoms with van der Waals surface area (Å²) in [5.41, 5.74) is 2.20. The monoisotopic (exact) mass is 441 g/mol. The van der Waals surface area contributed by atoms with E-state index < -0.39 is 18.0 Å². The molecule has 0 amide bonds.